The number of benzene rings is 1. The van der Waals surface area contributed by atoms with Gasteiger partial charge in [-0.15, -0.1) is 0 Å². The molecule has 0 radical (unpaired) electrons. The van der Waals surface area contributed by atoms with E-state index < -0.39 is 11.7 Å². The van der Waals surface area contributed by atoms with Crippen molar-refractivity contribution in [2.24, 2.45) is 0 Å². The largest absolute Gasteiger partial charge is 0.416 e. The molecule has 0 heterocycles. The van der Waals surface area contributed by atoms with Crippen LogP contribution in [-0.2, 0) is 6.18 Å². The number of nitrogens with two attached hydrogens (primary N) is 1. The van der Waals surface area contributed by atoms with E-state index in [-0.39, 0.29) is 5.69 Å². The van der Waals surface area contributed by atoms with E-state index in [0.717, 1.165) is 37.9 Å². The predicted octanol–water partition coefficient (Wildman–Crippen LogP) is 3.91. The number of anilines is 2. The van der Waals surface area contributed by atoms with E-state index in [2.05, 4.69) is 6.92 Å². The summed E-state index contributed by atoms with van der Waals surface area (Å²) >= 11 is 0. The summed E-state index contributed by atoms with van der Waals surface area (Å²) in [6.07, 6.45) is -1.12. The molecule has 18 heavy (non-hydrogen) atoms. The van der Waals surface area contributed by atoms with Crippen molar-refractivity contribution in [1.82, 2.24) is 0 Å². The second-order valence-corrected chi connectivity index (χ2v) is 4.40. The van der Waals surface area contributed by atoms with Gasteiger partial charge in [-0.2, -0.15) is 13.2 Å². The lowest BCUT2D eigenvalue weighted by atomic mass is 10.1. The zero-order valence-electron chi connectivity index (χ0n) is 10.7. The maximum Gasteiger partial charge on any atom is 0.416 e. The number of rotatable bonds is 5. The van der Waals surface area contributed by atoms with Gasteiger partial charge in [-0.05, 0) is 24.6 Å². The summed E-state index contributed by atoms with van der Waals surface area (Å²) in [4.78, 5) is 1.89. The zero-order valence-corrected chi connectivity index (χ0v) is 10.7. The van der Waals surface area contributed by atoms with Crippen molar-refractivity contribution in [3.63, 3.8) is 0 Å². The van der Waals surface area contributed by atoms with Gasteiger partial charge >= 0.3 is 6.18 Å². The number of hydrogen-bond donors (Lipinski definition) is 1. The first-order valence-corrected chi connectivity index (χ1v) is 6.04. The standard InChI is InChI=1S/C13H19F3N2/c1-3-4-5-8-18(2)12-7-6-10(9-11(12)17)13(14,15)16/h6-7,9H,3-5,8,17H2,1-2H3. The molecule has 0 saturated heterocycles. The first-order chi connectivity index (χ1) is 8.36. The fourth-order valence-electron chi connectivity index (χ4n) is 1.80. The summed E-state index contributed by atoms with van der Waals surface area (Å²) in [6.45, 7) is 2.90. The molecule has 0 aliphatic heterocycles. The SMILES string of the molecule is CCCCCN(C)c1ccc(C(F)(F)F)cc1N. The lowest BCUT2D eigenvalue weighted by Crippen LogP contribution is -2.20. The molecule has 0 spiro atoms. The molecule has 0 fully saturated rings. The number of hydrogen-bond acceptors (Lipinski definition) is 2. The van der Waals surface area contributed by atoms with Crippen molar-refractivity contribution in [3.05, 3.63) is 23.8 Å². The highest BCUT2D eigenvalue weighted by atomic mass is 19.4. The number of nitrogen functional groups attached to an aromatic ring is 1. The predicted molar refractivity (Wildman–Crippen MR) is 68.7 cm³/mol. The Morgan fingerprint density at radius 3 is 2.39 bits per heavy atom. The maximum absolute atomic E-state index is 12.5. The van der Waals surface area contributed by atoms with E-state index in [1.165, 1.54) is 6.07 Å². The number of nitrogens with zero attached hydrogens (tertiary/aromatic N) is 1. The molecule has 0 bridgehead atoms. The topological polar surface area (TPSA) is 29.3 Å². The minimum absolute atomic E-state index is 0.170. The molecule has 0 atom stereocenters. The fourth-order valence-corrected chi connectivity index (χ4v) is 1.80. The Morgan fingerprint density at radius 2 is 1.89 bits per heavy atom. The molecule has 2 nitrogen and oxygen atoms in total. The molecule has 0 unspecified atom stereocenters. The molecule has 0 aliphatic rings. The summed E-state index contributed by atoms with van der Waals surface area (Å²) in [5.41, 5.74) is 5.80. The maximum atomic E-state index is 12.5. The van der Waals surface area contributed by atoms with Crippen molar-refractivity contribution in [3.8, 4) is 0 Å². The van der Waals surface area contributed by atoms with Gasteiger partial charge in [0.1, 0.15) is 0 Å². The Morgan fingerprint density at radius 1 is 1.22 bits per heavy atom. The van der Waals surface area contributed by atoms with Crippen LogP contribution in [0, 0.1) is 0 Å². The molecule has 102 valence electrons. The van der Waals surface area contributed by atoms with Crippen molar-refractivity contribution in [1.29, 1.82) is 0 Å². The van der Waals surface area contributed by atoms with Crippen LogP contribution in [0.1, 0.15) is 31.7 Å². The second-order valence-electron chi connectivity index (χ2n) is 4.40. The van der Waals surface area contributed by atoms with Gasteiger partial charge in [-0.3, -0.25) is 0 Å². The smallest absolute Gasteiger partial charge is 0.397 e. The molecule has 2 N–H and O–H groups in total. The van der Waals surface area contributed by atoms with Crippen LogP contribution in [0.5, 0.6) is 0 Å². The summed E-state index contributed by atoms with van der Waals surface area (Å²) in [5.74, 6) is 0. The van der Waals surface area contributed by atoms with Gasteiger partial charge < -0.3 is 10.6 Å². The van der Waals surface area contributed by atoms with Crippen molar-refractivity contribution < 1.29 is 13.2 Å². The van der Waals surface area contributed by atoms with Crippen molar-refractivity contribution in [2.45, 2.75) is 32.4 Å². The molecule has 1 aromatic rings. The molecule has 0 aromatic heterocycles. The van der Waals surface area contributed by atoms with Crippen molar-refractivity contribution in [2.75, 3.05) is 24.2 Å². The summed E-state index contributed by atoms with van der Waals surface area (Å²) in [7, 11) is 1.84. The molecule has 0 aliphatic carbocycles. The fraction of sp³-hybridized carbons (Fsp3) is 0.538. The molecule has 5 heteroatoms. The third kappa shape index (κ3) is 3.82. The van der Waals surface area contributed by atoms with Gasteiger partial charge in [-0.25, -0.2) is 0 Å². The van der Waals surface area contributed by atoms with Crippen LogP contribution < -0.4 is 10.6 Å². The van der Waals surface area contributed by atoms with E-state index in [9.17, 15) is 13.2 Å². The Bertz CT molecular complexity index is 388. The first-order valence-electron chi connectivity index (χ1n) is 6.04. The Hall–Kier alpha value is -1.39. The quantitative estimate of drug-likeness (QED) is 0.642. The molecule has 1 rings (SSSR count). The average Bonchev–Trinajstić information content (AvgIpc) is 2.27. The third-order valence-electron chi connectivity index (χ3n) is 2.86. The van der Waals surface area contributed by atoms with E-state index in [4.69, 9.17) is 5.73 Å². The molecular formula is C13H19F3N2. The highest BCUT2D eigenvalue weighted by Gasteiger charge is 2.30. The third-order valence-corrected chi connectivity index (χ3v) is 2.86. The Balaban J connectivity index is 2.79. The molecular weight excluding hydrogens is 241 g/mol. The van der Waals surface area contributed by atoms with Crippen LogP contribution in [0.2, 0.25) is 0 Å². The molecule has 0 saturated carbocycles. The summed E-state index contributed by atoms with van der Waals surface area (Å²) in [6, 6.07) is 3.50. The summed E-state index contributed by atoms with van der Waals surface area (Å²) in [5, 5.41) is 0. The lowest BCUT2D eigenvalue weighted by molar-refractivity contribution is -0.137. The number of alkyl halides is 3. The Labute approximate surface area is 106 Å². The number of halogens is 3. The van der Waals surface area contributed by atoms with E-state index >= 15 is 0 Å². The monoisotopic (exact) mass is 260 g/mol. The van der Waals surface area contributed by atoms with Gasteiger partial charge in [0, 0.05) is 13.6 Å². The minimum atomic E-state index is -4.34. The van der Waals surface area contributed by atoms with Gasteiger partial charge in [0.05, 0.1) is 16.9 Å². The van der Waals surface area contributed by atoms with Gasteiger partial charge in [0.15, 0.2) is 0 Å². The average molecular weight is 260 g/mol. The van der Waals surface area contributed by atoms with E-state index in [1.54, 1.807) is 0 Å². The van der Waals surface area contributed by atoms with Crippen LogP contribution in [0.15, 0.2) is 18.2 Å². The first kappa shape index (κ1) is 14.7. The molecule has 1 aromatic carbocycles. The highest BCUT2D eigenvalue weighted by molar-refractivity contribution is 5.68. The minimum Gasteiger partial charge on any atom is -0.397 e. The normalized spacial score (nSPS) is 11.6. The lowest BCUT2D eigenvalue weighted by Gasteiger charge is -2.21. The van der Waals surface area contributed by atoms with Gasteiger partial charge in [0.25, 0.3) is 0 Å². The highest BCUT2D eigenvalue weighted by Crippen LogP contribution is 2.33. The Kier molecular flexibility index (Phi) is 4.87. The molecule has 0 amide bonds. The van der Waals surface area contributed by atoms with Crippen LogP contribution in [0.4, 0.5) is 24.5 Å². The van der Waals surface area contributed by atoms with E-state index in [1.807, 2.05) is 11.9 Å². The number of unbranched alkanes of at least 4 members (excludes halogenated alkanes) is 2. The second kappa shape index (κ2) is 5.98. The van der Waals surface area contributed by atoms with Crippen LogP contribution in [0.3, 0.4) is 0 Å². The van der Waals surface area contributed by atoms with Crippen molar-refractivity contribution >= 4 is 11.4 Å². The van der Waals surface area contributed by atoms with Crippen LogP contribution in [0.25, 0.3) is 0 Å². The van der Waals surface area contributed by atoms with E-state index in [0.29, 0.717) is 5.69 Å². The summed E-state index contributed by atoms with van der Waals surface area (Å²) < 4.78 is 37.4. The van der Waals surface area contributed by atoms with Crippen LogP contribution >= 0.6 is 0 Å². The van der Waals surface area contributed by atoms with Gasteiger partial charge in [0.2, 0.25) is 0 Å². The van der Waals surface area contributed by atoms with Gasteiger partial charge in [-0.1, -0.05) is 19.8 Å². The van der Waals surface area contributed by atoms with Crippen LogP contribution in [-0.4, -0.2) is 13.6 Å². The zero-order chi connectivity index (χ0) is 13.8.